The van der Waals surface area contributed by atoms with Crippen LogP contribution in [-0.4, -0.2) is 27.5 Å². The van der Waals surface area contributed by atoms with Gasteiger partial charge in [0, 0.05) is 25.7 Å². The molecule has 0 saturated heterocycles. The van der Waals surface area contributed by atoms with Crippen LogP contribution in [-0.2, 0) is 49.2 Å². The van der Waals surface area contributed by atoms with Gasteiger partial charge in [-0.2, -0.15) is 0 Å². The summed E-state index contributed by atoms with van der Waals surface area (Å²) in [5, 5.41) is 2.15. The summed E-state index contributed by atoms with van der Waals surface area (Å²) in [7, 11) is 9.08. The summed E-state index contributed by atoms with van der Waals surface area (Å²) in [6, 6.07) is 0. The first-order chi connectivity index (χ1) is 4.31. The van der Waals surface area contributed by atoms with Gasteiger partial charge in [0.2, 0.25) is 5.91 Å². The Balaban J connectivity index is -0.0000000191. The molecule has 1 N–H and O–H groups in total. The smallest absolute Gasteiger partial charge is 0.506 e. The predicted molar refractivity (Wildman–Crippen MR) is 49.8 cm³/mol. The van der Waals surface area contributed by atoms with Crippen molar-refractivity contribution in [3.63, 3.8) is 0 Å². The molecular formula is C7H17BNO2VW-. The number of carbonyl (C=O) groups excluding carboxylic acids is 1. The number of carbonyl (C=O) groups is 1. The average molecular weight is 393 g/mol. The summed E-state index contributed by atoms with van der Waals surface area (Å²) in [4.78, 5) is 10.1. The minimum atomic E-state index is -0.206. The molecule has 0 aromatic carbocycles. The number of hydrogen-bond donors (Lipinski definition) is 1. The largest absolute Gasteiger partial charge is 2.00 e. The van der Waals surface area contributed by atoms with E-state index in [1.165, 1.54) is 13.9 Å². The fraction of sp³-hybridized carbons (Fsp3) is 0.429. The normalized spacial score (nSPS) is 4.85. The number of amides is 1. The minimum Gasteiger partial charge on any atom is -0.506 e. The topological polar surface area (TPSA) is 38.3 Å². The summed E-state index contributed by atoms with van der Waals surface area (Å²) >= 11 is 0. The molecule has 0 bridgehead atoms. The van der Waals surface area contributed by atoms with E-state index in [2.05, 4.69) is 24.9 Å². The molecule has 3 radical (unpaired) electrons. The van der Waals surface area contributed by atoms with Crippen molar-refractivity contribution in [1.82, 2.24) is 5.32 Å². The maximum Gasteiger partial charge on any atom is 2.00 e. The Morgan fingerprint density at radius 1 is 1.46 bits per heavy atom. The summed E-state index contributed by atoms with van der Waals surface area (Å²) in [6.45, 7) is 1.59. The van der Waals surface area contributed by atoms with Gasteiger partial charge < -0.3 is 24.9 Å². The number of methoxy groups -OCH3 is 1. The molecule has 0 rings (SSSR count). The van der Waals surface area contributed by atoms with E-state index in [-0.39, 0.29) is 67.0 Å². The number of rotatable bonds is 2. The fourth-order valence-electron chi connectivity index (χ4n) is 0.182. The Bertz CT molecular complexity index is 79.5. The van der Waals surface area contributed by atoms with E-state index in [1.807, 2.05) is 0 Å². The Hall–Kier alpha value is 0.768. The molecule has 0 spiro atoms. The van der Waals surface area contributed by atoms with E-state index >= 15 is 0 Å². The Morgan fingerprint density at radius 2 is 1.77 bits per heavy atom. The molecule has 13 heavy (non-hydrogen) atoms. The van der Waals surface area contributed by atoms with E-state index in [0.717, 1.165) is 0 Å². The van der Waals surface area contributed by atoms with E-state index in [4.69, 9.17) is 0 Å². The second kappa shape index (κ2) is 38.6. The SMILES string of the molecule is [B]C.[CH2-]NC(=O)COC.[CH3-].[CH3-].[V].[W+2]. The number of hydrogen-bond acceptors (Lipinski definition) is 2. The molecule has 0 aromatic heterocycles. The van der Waals surface area contributed by atoms with Gasteiger partial charge in [-0.05, 0) is 0 Å². The van der Waals surface area contributed by atoms with E-state index in [1.54, 1.807) is 0 Å². The third kappa shape index (κ3) is 44.5. The molecule has 0 aromatic rings. The van der Waals surface area contributed by atoms with Gasteiger partial charge in [0.1, 0.15) is 6.61 Å². The summed E-state index contributed by atoms with van der Waals surface area (Å²) in [5.74, 6) is -0.206. The first-order valence-corrected chi connectivity index (χ1v) is 2.44. The second-order valence-electron chi connectivity index (χ2n) is 1.03. The molecule has 0 fully saturated rings. The van der Waals surface area contributed by atoms with Crippen LogP contribution in [0.4, 0.5) is 0 Å². The van der Waals surface area contributed by atoms with Crippen LogP contribution in [0.15, 0.2) is 0 Å². The van der Waals surface area contributed by atoms with Gasteiger partial charge in [0.15, 0.2) is 0 Å². The zero-order valence-electron chi connectivity index (χ0n) is 8.66. The molecule has 0 aliphatic carbocycles. The zero-order valence-corrected chi connectivity index (χ0v) is 13.0. The van der Waals surface area contributed by atoms with E-state index < -0.39 is 0 Å². The number of ether oxygens (including phenoxy) is 1. The van der Waals surface area contributed by atoms with Gasteiger partial charge >= 0.3 is 21.1 Å². The third-order valence-electron chi connectivity index (χ3n) is 0.473. The van der Waals surface area contributed by atoms with Gasteiger partial charge in [-0.3, -0.25) is 11.8 Å². The van der Waals surface area contributed by atoms with Crippen LogP contribution in [0.5, 0.6) is 0 Å². The van der Waals surface area contributed by atoms with Crippen LogP contribution >= 0.6 is 0 Å². The van der Waals surface area contributed by atoms with Crippen molar-refractivity contribution in [2.24, 2.45) is 0 Å². The van der Waals surface area contributed by atoms with Crippen LogP contribution < -0.4 is 5.32 Å². The van der Waals surface area contributed by atoms with Gasteiger partial charge in [-0.25, -0.2) is 0 Å². The number of nitrogens with one attached hydrogen (secondary N) is 1. The molecule has 3 nitrogen and oxygen atoms in total. The van der Waals surface area contributed by atoms with Crippen molar-refractivity contribution in [3.05, 3.63) is 21.9 Å². The van der Waals surface area contributed by atoms with Crippen LogP contribution in [0.1, 0.15) is 0 Å². The van der Waals surface area contributed by atoms with Crippen molar-refractivity contribution >= 4 is 13.8 Å². The summed E-state index contributed by atoms with van der Waals surface area (Å²) < 4.78 is 4.44. The second-order valence-corrected chi connectivity index (χ2v) is 1.03. The molecule has 0 unspecified atom stereocenters. The molecule has 1 amide bonds. The quantitative estimate of drug-likeness (QED) is 0.553. The van der Waals surface area contributed by atoms with Gasteiger partial charge in [0.05, 0.1) is 7.85 Å². The fourth-order valence-corrected chi connectivity index (χ4v) is 0.182. The van der Waals surface area contributed by atoms with Crippen molar-refractivity contribution < 1.29 is 49.2 Å². The Labute approximate surface area is 110 Å². The standard InChI is InChI=1S/C4H8NO2.CH3B.2CH3.V.W/c1-5-4(6)3-7-2;1-2;;;;/h1,3H2,2H3,(H,5,6);1H3;2*1H3;;/q-1;;2*-1;;+2. The monoisotopic (exact) mass is 393 g/mol. The van der Waals surface area contributed by atoms with Crippen molar-refractivity contribution in [2.75, 3.05) is 13.7 Å². The van der Waals surface area contributed by atoms with E-state index in [0.29, 0.717) is 0 Å². The van der Waals surface area contributed by atoms with Crippen molar-refractivity contribution in [3.8, 4) is 0 Å². The van der Waals surface area contributed by atoms with E-state index in [9.17, 15) is 4.79 Å². The molecular weight excluding hydrogens is 376 g/mol. The van der Waals surface area contributed by atoms with Crippen LogP contribution in [0.2, 0.25) is 6.82 Å². The molecule has 0 heterocycles. The van der Waals surface area contributed by atoms with Gasteiger partial charge in [-0.15, -0.1) is 0 Å². The molecule has 0 aliphatic heterocycles. The van der Waals surface area contributed by atoms with Gasteiger partial charge in [0.25, 0.3) is 0 Å². The van der Waals surface area contributed by atoms with Crippen molar-refractivity contribution in [2.45, 2.75) is 6.82 Å². The molecule has 6 heteroatoms. The van der Waals surface area contributed by atoms with Crippen LogP contribution in [0, 0.1) is 21.9 Å². The molecule has 0 aliphatic rings. The zero-order chi connectivity index (χ0) is 7.70. The van der Waals surface area contributed by atoms with Gasteiger partial charge in [-0.1, -0.05) is 6.82 Å². The Kier molecular flexibility index (Phi) is 110. The first-order valence-electron chi connectivity index (χ1n) is 2.44. The van der Waals surface area contributed by atoms with Crippen LogP contribution in [0.3, 0.4) is 0 Å². The summed E-state index contributed by atoms with van der Waals surface area (Å²) in [6.07, 6.45) is 0. The Morgan fingerprint density at radius 3 is 1.85 bits per heavy atom. The van der Waals surface area contributed by atoms with Crippen LogP contribution in [0.25, 0.3) is 0 Å². The molecule has 0 atom stereocenters. The third-order valence-corrected chi connectivity index (χ3v) is 0.473. The van der Waals surface area contributed by atoms with Crippen molar-refractivity contribution in [1.29, 1.82) is 0 Å². The molecule has 77 valence electrons. The minimum absolute atomic E-state index is 0. The summed E-state index contributed by atoms with van der Waals surface area (Å²) in [5.41, 5.74) is 0. The maximum atomic E-state index is 10.1. The first kappa shape index (κ1) is 37.2. The predicted octanol–water partition coefficient (Wildman–Crippen LogP) is 0.639. The maximum absolute atomic E-state index is 10.1. The average Bonchev–Trinajstić information content (AvgIpc) is 1.93. The molecule has 0 saturated carbocycles.